The average molecular weight is 482 g/mol. The zero-order valence-electron chi connectivity index (χ0n) is 19.0. The SMILES string of the molecule is CC12CCC(=O)N1c1ccccc1C(=O)N2CC(=O)Nc1ccc(S(=O)(=O)C2CCCC2)cc1. The van der Waals surface area contributed by atoms with Gasteiger partial charge in [0, 0.05) is 12.1 Å². The highest BCUT2D eigenvalue weighted by molar-refractivity contribution is 7.92. The Morgan fingerprint density at radius 1 is 1.06 bits per heavy atom. The van der Waals surface area contributed by atoms with E-state index in [0.717, 1.165) is 12.8 Å². The summed E-state index contributed by atoms with van der Waals surface area (Å²) in [4.78, 5) is 42.2. The highest BCUT2D eigenvalue weighted by Gasteiger charge is 2.53. The molecule has 34 heavy (non-hydrogen) atoms. The van der Waals surface area contributed by atoms with E-state index in [9.17, 15) is 22.8 Å². The van der Waals surface area contributed by atoms with E-state index in [-0.39, 0.29) is 28.5 Å². The molecule has 2 fully saturated rings. The molecule has 2 aromatic rings. The van der Waals surface area contributed by atoms with Crippen LogP contribution in [0, 0.1) is 0 Å². The monoisotopic (exact) mass is 481 g/mol. The molecule has 3 aliphatic rings. The topological polar surface area (TPSA) is 104 Å². The molecule has 1 aliphatic carbocycles. The largest absolute Gasteiger partial charge is 0.325 e. The number of sulfone groups is 1. The maximum absolute atomic E-state index is 13.3. The summed E-state index contributed by atoms with van der Waals surface area (Å²) in [6.45, 7) is 1.58. The molecule has 0 bridgehead atoms. The zero-order chi connectivity index (χ0) is 24.1. The number of hydrogen-bond acceptors (Lipinski definition) is 5. The average Bonchev–Trinajstić information content (AvgIpc) is 3.47. The van der Waals surface area contributed by atoms with Crippen LogP contribution in [0.3, 0.4) is 0 Å². The third-order valence-electron chi connectivity index (χ3n) is 7.25. The maximum atomic E-state index is 13.3. The van der Waals surface area contributed by atoms with Crippen molar-refractivity contribution in [2.75, 3.05) is 16.8 Å². The third-order valence-corrected chi connectivity index (χ3v) is 9.53. The van der Waals surface area contributed by atoms with E-state index in [1.54, 1.807) is 41.3 Å². The lowest BCUT2D eigenvalue weighted by atomic mass is 9.98. The third kappa shape index (κ3) is 3.58. The standard InChI is InChI=1S/C25H27N3O5S/c1-25-15-14-23(30)28(25)21-9-5-4-8-20(21)24(31)27(25)16-22(29)26-17-10-12-19(13-11-17)34(32,33)18-6-2-3-7-18/h4-5,8-13,18H,2-3,6-7,14-16H2,1H3,(H,26,29). The van der Waals surface area contributed by atoms with Crippen LogP contribution in [-0.2, 0) is 19.4 Å². The molecule has 5 rings (SSSR count). The summed E-state index contributed by atoms with van der Waals surface area (Å²) in [5, 5.41) is 2.42. The van der Waals surface area contributed by atoms with Crippen LogP contribution in [0.1, 0.15) is 55.8 Å². The molecule has 1 N–H and O–H groups in total. The van der Waals surface area contributed by atoms with E-state index in [1.807, 2.05) is 6.92 Å². The smallest absolute Gasteiger partial charge is 0.258 e. The number of benzene rings is 2. The van der Waals surface area contributed by atoms with Gasteiger partial charge in [-0.15, -0.1) is 0 Å². The molecule has 0 spiro atoms. The Morgan fingerprint density at radius 3 is 2.44 bits per heavy atom. The molecule has 0 radical (unpaired) electrons. The van der Waals surface area contributed by atoms with Crippen LogP contribution >= 0.6 is 0 Å². The number of carbonyl (C=O) groups excluding carboxylic acids is 3. The summed E-state index contributed by atoms with van der Waals surface area (Å²) in [5.41, 5.74) is 0.501. The first-order valence-corrected chi connectivity index (χ1v) is 13.1. The van der Waals surface area contributed by atoms with E-state index in [1.165, 1.54) is 17.0 Å². The molecule has 0 aromatic heterocycles. The predicted molar refractivity (Wildman–Crippen MR) is 127 cm³/mol. The van der Waals surface area contributed by atoms with Crippen molar-refractivity contribution in [3.8, 4) is 0 Å². The van der Waals surface area contributed by atoms with Crippen molar-refractivity contribution in [1.82, 2.24) is 4.90 Å². The summed E-state index contributed by atoms with van der Waals surface area (Å²) < 4.78 is 25.5. The van der Waals surface area contributed by atoms with Crippen LogP contribution in [-0.4, -0.2) is 48.5 Å². The molecule has 2 heterocycles. The minimum Gasteiger partial charge on any atom is -0.325 e. The zero-order valence-corrected chi connectivity index (χ0v) is 19.8. The first-order chi connectivity index (χ1) is 16.2. The van der Waals surface area contributed by atoms with Gasteiger partial charge in [0.05, 0.1) is 21.4 Å². The Hall–Kier alpha value is -3.20. The van der Waals surface area contributed by atoms with Gasteiger partial charge in [-0.05, 0) is 62.6 Å². The van der Waals surface area contributed by atoms with Crippen molar-refractivity contribution in [2.45, 2.75) is 61.3 Å². The van der Waals surface area contributed by atoms with Gasteiger partial charge in [0.15, 0.2) is 9.84 Å². The highest BCUT2D eigenvalue weighted by atomic mass is 32.2. The minimum atomic E-state index is -3.37. The van der Waals surface area contributed by atoms with Crippen molar-refractivity contribution in [2.24, 2.45) is 0 Å². The van der Waals surface area contributed by atoms with E-state index in [0.29, 0.717) is 42.6 Å². The van der Waals surface area contributed by atoms with Gasteiger partial charge in [-0.25, -0.2) is 8.42 Å². The molecular formula is C25H27N3O5S. The van der Waals surface area contributed by atoms with E-state index in [4.69, 9.17) is 0 Å². The molecular weight excluding hydrogens is 454 g/mol. The number of amides is 3. The number of fused-ring (bicyclic) bond motifs is 3. The molecule has 1 saturated heterocycles. The molecule has 1 atom stereocenters. The molecule has 9 heteroatoms. The van der Waals surface area contributed by atoms with Crippen LogP contribution in [0.15, 0.2) is 53.4 Å². The fourth-order valence-corrected chi connectivity index (χ4v) is 7.26. The van der Waals surface area contributed by atoms with Crippen LogP contribution in [0.4, 0.5) is 11.4 Å². The molecule has 3 amide bonds. The summed E-state index contributed by atoms with van der Waals surface area (Å²) >= 11 is 0. The van der Waals surface area contributed by atoms with Crippen LogP contribution in [0.5, 0.6) is 0 Å². The lowest BCUT2D eigenvalue weighted by Crippen LogP contribution is -2.63. The number of nitrogens with one attached hydrogen (secondary N) is 1. The number of nitrogens with zero attached hydrogens (tertiary/aromatic N) is 2. The summed E-state index contributed by atoms with van der Waals surface area (Å²) in [6.07, 6.45) is 3.97. The Labute approximate surface area is 198 Å². The summed E-state index contributed by atoms with van der Waals surface area (Å²) in [5.74, 6) is -0.788. The predicted octanol–water partition coefficient (Wildman–Crippen LogP) is 3.34. The summed E-state index contributed by atoms with van der Waals surface area (Å²) in [7, 11) is -3.37. The molecule has 1 saturated carbocycles. The second kappa shape index (κ2) is 8.23. The highest BCUT2D eigenvalue weighted by Crippen LogP contribution is 2.43. The van der Waals surface area contributed by atoms with Crippen LogP contribution in [0.2, 0.25) is 0 Å². The van der Waals surface area contributed by atoms with Gasteiger partial charge in [-0.1, -0.05) is 25.0 Å². The fourth-order valence-electron chi connectivity index (χ4n) is 5.40. The molecule has 2 aromatic carbocycles. The Kier molecular flexibility index (Phi) is 5.47. The van der Waals surface area contributed by atoms with Gasteiger partial charge in [0.25, 0.3) is 5.91 Å². The van der Waals surface area contributed by atoms with Crippen LogP contribution < -0.4 is 10.2 Å². The second-order valence-corrected chi connectivity index (χ2v) is 11.6. The van der Waals surface area contributed by atoms with Crippen molar-refractivity contribution >= 4 is 38.9 Å². The van der Waals surface area contributed by atoms with Crippen molar-refractivity contribution in [1.29, 1.82) is 0 Å². The number of carbonyl (C=O) groups is 3. The van der Waals surface area contributed by atoms with Crippen molar-refractivity contribution in [3.63, 3.8) is 0 Å². The fraction of sp³-hybridized carbons (Fsp3) is 0.400. The van der Waals surface area contributed by atoms with Crippen molar-refractivity contribution < 1.29 is 22.8 Å². The number of para-hydroxylation sites is 1. The maximum Gasteiger partial charge on any atom is 0.258 e. The van der Waals surface area contributed by atoms with Gasteiger partial charge in [-0.2, -0.15) is 0 Å². The minimum absolute atomic E-state index is 0.0769. The van der Waals surface area contributed by atoms with Crippen molar-refractivity contribution in [3.05, 3.63) is 54.1 Å². The Morgan fingerprint density at radius 2 is 1.74 bits per heavy atom. The second-order valence-electron chi connectivity index (χ2n) is 9.38. The number of rotatable bonds is 5. The quantitative estimate of drug-likeness (QED) is 0.705. The molecule has 8 nitrogen and oxygen atoms in total. The summed E-state index contributed by atoms with van der Waals surface area (Å²) in [6, 6.07) is 13.1. The van der Waals surface area contributed by atoms with Gasteiger partial charge in [0.1, 0.15) is 12.2 Å². The number of hydrogen-bond donors (Lipinski definition) is 1. The molecule has 1 unspecified atom stereocenters. The molecule has 2 aliphatic heterocycles. The van der Waals surface area contributed by atoms with Gasteiger partial charge in [0.2, 0.25) is 11.8 Å². The normalized spacial score (nSPS) is 22.6. The van der Waals surface area contributed by atoms with E-state index in [2.05, 4.69) is 5.32 Å². The van der Waals surface area contributed by atoms with Gasteiger partial charge >= 0.3 is 0 Å². The first kappa shape index (κ1) is 22.6. The van der Waals surface area contributed by atoms with E-state index < -0.39 is 21.4 Å². The lowest BCUT2D eigenvalue weighted by molar-refractivity contribution is -0.120. The lowest BCUT2D eigenvalue weighted by Gasteiger charge is -2.48. The Bertz CT molecular complexity index is 1270. The van der Waals surface area contributed by atoms with Gasteiger partial charge < -0.3 is 10.2 Å². The first-order valence-electron chi connectivity index (χ1n) is 11.6. The van der Waals surface area contributed by atoms with Crippen LogP contribution in [0.25, 0.3) is 0 Å². The number of anilines is 2. The Balaban J connectivity index is 1.34. The molecule has 178 valence electrons. The van der Waals surface area contributed by atoms with E-state index >= 15 is 0 Å². The van der Waals surface area contributed by atoms with Gasteiger partial charge in [-0.3, -0.25) is 19.3 Å².